The van der Waals surface area contributed by atoms with Crippen LogP contribution in [0, 0.1) is 0 Å². The smallest absolute Gasteiger partial charge is 0.379 e. The van der Waals surface area contributed by atoms with E-state index >= 15 is 0 Å². The number of halogens is 3. The molecule has 0 aliphatic heterocycles. The van der Waals surface area contributed by atoms with Crippen LogP contribution in [0.2, 0.25) is 0 Å². The van der Waals surface area contributed by atoms with E-state index in [9.17, 15) is 13.2 Å². The fourth-order valence-electron chi connectivity index (χ4n) is 1.48. The molecule has 0 bridgehead atoms. The van der Waals surface area contributed by atoms with Crippen molar-refractivity contribution < 1.29 is 18.3 Å². The third-order valence-electron chi connectivity index (χ3n) is 2.64. The molecule has 2 nitrogen and oxygen atoms in total. The van der Waals surface area contributed by atoms with Gasteiger partial charge in [0.2, 0.25) is 0 Å². The number of hydrogen-bond donors (Lipinski definition) is 2. The van der Waals surface area contributed by atoms with E-state index < -0.39 is 12.3 Å². The maximum absolute atomic E-state index is 12.2. The van der Waals surface area contributed by atoms with Gasteiger partial charge in [-0.25, -0.2) is 0 Å². The molecule has 0 aromatic heterocycles. The molecule has 17 heavy (non-hydrogen) atoms. The summed E-state index contributed by atoms with van der Waals surface area (Å²) in [6, 6.07) is 6.11. The van der Waals surface area contributed by atoms with Gasteiger partial charge in [0, 0.05) is 6.04 Å². The first-order valence-electron chi connectivity index (χ1n) is 5.35. The fraction of sp³-hybridized carbons (Fsp3) is 0.500. The molecule has 0 aliphatic carbocycles. The molecular weight excluding hydrogens is 231 g/mol. The number of nitrogens with one attached hydrogen (secondary N) is 1. The van der Waals surface area contributed by atoms with Gasteiger partial charge in [0.15, 0.2) is 6.10 Å². The predicted octanol–water partition coefficient (Wildman–Crippen LogP) is 2.43. The van der Waals surface area contributed by atoms with Gasteiger partial charge < -0.3 is 10.4 Å². The van der Waals surface area contributed by atoms with Crippen LogP contribution in [0.4, 0.5) is 13.2 Å². The van der Waals surface area contributed by atoms with Crippen LogP contribution in [-0.4, -0.2) is 24.4 Å². The van der Waals surface area contributed by atoms with Crippen LogP contribution in [0.5, 0.6) is 0 Å². The lowest BCUT2D eigenvalue weighted by Crippen LogP contribution is -2.23. The Balaban J connectivity index is 2.74. The lowest BCUT2D eigenvalue weighted by molar-refractivity contribution is -0.206. The molecule has 0 amide bonds. The van der Waals surface area contributed by atoms with Gasteiger partial charge in [-0.15, -0.1) is 0 Å². The zero-order valence-electron chi connectivity index (χ0n) is 9.75. The number of aliphatic hydroxyl groups is 1. The quantitative estimate of drug-likeness (QED) is 0.856. The second kappa shape index (κ2) is 5.51. The molecule has 0 heterocycles. The zero-order valence-corrected chi connectivity index (χ0v) is 9.75. The van der Waals surface area contributed by atoms with E-state index in [-0.39, 0.29) is 11.6 Å². The van der Waals surface area contributed by atoms with E-state index in [0.29, 0.717) is 0 Å². The highest BCUT2D eigenvalue weighted by Gasteiger charge is 2.39. The van der Waals surface area contributed by atoms with Crippen molar-refractivity contribution in [1.82, 2.24) is 5.32 Å². The van der Waals surface area contributed by atoms with Crippen molar-refractivity contribution in [3.8, 4) is 0 Å². The Morgan fingerprint density at radius 3 is 2.18 bits per heavy atom. The Kier molecular flexibility index (Phi) is 4.54. The first-order chi connectivity index (χ1) is 7.84. The van der Waals surface area contributed by atoms with E-state index in [1.165, 1.54) is 12.1 Å². The van der Waals surface area contributed by atoms with Crippen molar-refractivity contribution in [3.63, 3.8) is 0 Å². The summed E-state index contributed by atoms with van der Waals surface area (Å²) >= 11 is 0. The highest BCUT2D eigenvalue weighted by atomic mass is 19.4. The van der Waals surface area contributed by atoms with E-state index in [1.807, 2.05) is 14.0 Å². The number of alkyl halides is 3. The molecular formula is C12H16F3NO. The molecule has 0 fully saturated rings. The van der Waals surface area contributed by atoms with E-state index in [1.54, 1.807) is 12.1 Å². The lowest BCUT2D eigenvalue weighted by Gasteiger charge is -2.15. The molecule has 1 aromatic rings. The third-order valence-corrected chi connectivity index (χ3v) is 2.64. The molecule has 0 aliphatic rings. The molecule has 1 rings (SSSR count). The molecule has 0 saturated heterocycles. The van der Waals surface area contributed by atoms with Gasteiger partial charge in [0.05, 0.1) is 0 Å². The molecule has 5 heteroatoms. The van der Waals surface area contributed by atoms with Crippen LogP contribution in [0.1, 0.15) is 24.2 Å². The largest absolute Gasteiger partial charge is 0.418 e. The minimum absolute atomic E-state index is 0.127. The highest BCUT2D eigenvalue weighted by Crippen LogP contribution is 2.32. The Hall–Kier alpha value is -1.07. The lowest BCUT2D eigenvalue weighted by atomic mass is 10.0. The van der Waals surface area contributed by atoms with E-state index in [4.69, 9.17) is 5.11 Å². The summed E-state index contributed by atoms with van der Waals surface area (Å²) in [5, 5.41) is 12.1. The molecule has 0 spiro atoms. The van der Waals surface area contributed by atoms with Gasteiger partial charge in [-0.3, -0.25) is 0 Å². The van der Waals surface area contributed by atoms with Gasteiger partial charge in [-0.2, -0.15) is 13.2 Å². The summed E-state index contributed by atoms with van der Waals surface area (Å²) in [7, 11) is 1.83. The normalized spacial score (nSPS) is 15.6. The first kappa shape index (κ1) is 14.0. The number of hydrogen-bond acceptors (Lipinski definition) is 2. The van der Waals surface area contributed by atoms with Gasteiger partial charge in [-0.1, -0.05) is 24.3 Å². The van der Waals surface area contributed by atoms with Crippen LogP contribution in [0.3, 0.4) is 0 Å². The molecule has 1 aromatic carbocycles. The van der Waals surface area contributed by atoms with Crippen molar-refractivity contribution in [3.05, 3.63) is 35.4 Å². The monoisotopic (exact) mass is 247 g/mol. The Bertz CT molecular complexity index is 348. The fourth-order valence-corrected chi connectivity index (χ4v) is 1.48. The first-order valence-corrected chi connectivity index (χ1v) is 5.35. The van der Waals surface area contributed by atoms with Gasteiger partial charge in [-0.05, 0) is 31.5 Å². The maximum atomic E-state index is 12.2. The van der Waals surface area contributed by atoms with E-state index in [2.05, 4.69) is 5.32 Å². The summed E-state index contributed by atoms with van der Waals surface area (Å²) < 4.78 is 36.7. The number of likely N-dealkylation sites (N-methyl/N-ethyl adjacent to an activating group) is 1. The van der Waals surface area contributed by atoms with Crippen LogP contribution >= 0.6 is 0 Å². The van der Waals surface area contributed by atoms with Gasteiger partial charge in [0.1, 0.15) is 0 Å². The minimum Gasteiger partial charge on any atom is -0.379 e. The Morgan fingerprint density at radius 2 is 1.76 bits per heavy atom. The number of benzene rings is 1. The van der Waals surface area contributed by atoms with Crippen molar-refractivity contribution in [1.29, 1.82) is 0 Å². The number of aliphatic hydroxyl groups excluding tert-OH is 1. The average Bonchev–Trinajstić information content (AvgIpc) is 2.27. The summed E-state index contributed by atoms with van der Waals surface area (Å²) in [6.45, 7) is 1.98. The topological polar surface area (TPSA) is 32.3 Å². The zero-order chi connectivity index (χ0) is 13.1. The number of rotatable bonds is 4. The van der Waals surface area contributed by atoms with E-state index in [0.717, 1.165) is 12.0 Å². The summed E-state index contributed by atoms with van der Waals surface area (Å²) in [5.41, 5.74) is 0.809. The Labute approximate surface area is 98.5 Å². The van der Waals surface area contributed by atoms with Crippen LogP contribution in [0.25, 0.3) is 0 Å². The summed E-state index contributed by atoms with van der Waals surface area (Å²) in [5.74, 6) is 0. The third kappa shape index (κ3) is 4.02. The summed E-state index contributed by atoms with van der Waals surface area (Å²) in [4.78, 5) is 0. The second-order valence-electron chi connectivity index (χ2n) is 4.08. The van der Waals surface area contributed by atoms with Crippen molar-refractivity contribution >= 4 is 0 Å². The van der Waals surface area contributed by atoms with Gasteiger partial charge in [0.25, 0.3) is 0 Å². The van der Waals surface area contributed by atoms with Crippen molar-refractivity contribution in [2.45, 2.75) is 31.7 Å². The molecule has 2 N–H and O–H groups in total. The van der Waals surface area contributed by atoms with Crippen molar-refractivity contribution in [2.24, 2.45) is 0 Å². The van der Waals surface area contributed by atoms with Crippen LogP contribution in [-0.2, 0) is 6.42 Å². The highest BCUT2D eigenvalue weighted by molar-refractivity contribution is 5.25. The van der Waals surface area contributed by atoms with Crippen molar-refractivity contribution in [2.75, 3.05) is 7.05 Å². The molecule has 2 unspecified atom stereocenters. The standard InChI is InChI=1S/C12H16F3NO/c1-8(16-2)7-9-3-5-10(6-4-9)11(17)12(13,14)15/h3-6,8,11,16-17H,7H2,1-2H3. The average molecular weight is 247 g/mol. The summed E-state index contributed by atoms with van der Waals surface area (Å²) in [6.07, 6.45) is -6.28. The second-order valence-corrected chi connectivity index (χ2v) is 4.08. The maximum Gasteiger partial charge on any atom is 0.418 e. The van der Waals surface area contributed by atoms with Crippen LogP contribution in [0.15, 0.2) is 24.3 Å². The molecule has 0 radical (unpaired) electrons. The SMILES string of the molecule is CNC(C)Cc1ccc(C(O)C(F)(F)F)cc1. The van der Waals surface area contributed by atoms with Gasteiger partial charge >= 0.3 is 6.18 Å². The molecule has 2 atom stereocenters. The molecule has 96 valence electrons. The predicted molar refractivity (Wildman–Crippen MR) is 59.7 cm³/mol. The van der Waals surface area contributed by atoms with Crippen LogP contribution < -0.4 is 5.32 Å². The Morgan fingerprint density at radius 1 is 1.24 bits per heavy atom. The molecule has 0 saturated carbocycles. The minimum atomic E-state index is -4.61.